The fraction of sp³-hybridized carbons (Fsp3) is 0.250. The Balaban J connectivity index is 2.87. The average Bonchev–Trinajstić information content (AvgIpc) is 2.05. The zero-order chi connectivity index (χ0) is 7.40. The molecule has 1 aromatic rings. The Morgan fingerprint density at radius 1 is 1.10 bits per heavy atom. The van der Waals surface area contributed by atoms with Crippen molar-refractivity contribution in [2.45, 2.75) is 13.2 Å². The first-order valence-electron chi connectivity index (χ1n) is 3.08. The summed E-state index contributed by atoms with van der Waals surface area (Å²) in [5, 5.41) is 17.3. The Morgan fingerprint density at radius 3 is 2.00 bits per heavy atom. The first-order chi connectivity index (χ1) is 4.86. The van der Waals surface area contributed by atoms with Crippen LogP contribution in [0.2, 0.25) is 0 Å². The number of hydrogen-bond donors (Lipinski definition) is 2. The van der Waals surface area contributed by atoms with Crippen LogP contribution in [0.15, 0.2) is 18.2 Å². The minimum Gasteiger partial charge on any atom is -0.392 e. The van der Waals surface area contributed by atoms with Crippen molar-refractivity contribution in [1.82, 2.24) is 0 Å². The Morgan fingerprint density at radius 2 is 1.60 bits per heavy atom. The van der Waals surface area contributed by atoms with Crippen LogP contribution in [0.3, 0.4) is 0 Å². The highest BCUT2D eigenvalue weighted by Gasteiger charge is 1.92. The Kier molecular flexibility index (Phi) is 2.42. The fourth-order valence-electron chi connectivity index (χ4n) is 0.754. The lowest BCUT2D eigenvalue weighted by Crippen LogP contribution is -1.87. The van der Waals surface area contributed by atoms with Gasteiger partial charge in [-0.05, 0) is 17.2 Å². The molecule has 2 heteroatoms. The molecule has 0 heterocycles. The maximum Gasteiger partial charge on any atom is 0.0688 e. The van der Waals surface area contributed by atoms with E-state index in [1.165, 1.54) is 0 Å². The summed E-state index contributed by atoms with van der Waals surface area (Å²) >= 11 is 0. The standard InChI is InChI=1S/C8H9O2/c9-5-7-2-1-3-8(4-7)6-10/h1-3,9-10H,5-6H2. The highest BCUT2D eigenvalue weighted by atomic mass is 16.3. The number of hydrogen-bond acceptors (Lipinski definition) is 2. The van der Waals surface area contributed by atoms with Gasteiger partial charge in [-0.1, -0.05) is 18.2 Å². The Bertz CT molecular complexity index is 189. The van der Waals surface area contributed by atoms with Gasteiger partial charge in [-0.2, -0.15) is 0 Å². The molecule has 2 nitrogen and oxygen atoms in total. The minimum atomic E-state index is -0.0200. The number of aliphatic hydroxyl groups is 2. The molecule has 0 saturated heterocycles. The second-order valence-electron chi connectivity index (χ2n) is 2.02. The zero-order valence-corrected chi connectivity index (χ0v) is 5.54. The third-order valence-electron chi connectivity index (χ3n) is 1.26. The van der Waals surface area contributed by atoms with E-state index in [1.54, 1.807) is 18.2 Å². The van der Waals surface area contributed by atoms with Gasteiger partial charge in [-0.3, -0.25) is 0 Å². The van der Waals surface area contributed by atoms with Crippen molar-refractivity contribution in [3.8, 4) is 0 Å². The number of benzene rings is 1. The van der Waals surface area contributed by atoms with Gasteiger partial charge < -0.3 is 10.2 Å². The van der Waals surface area contributed by atoms with Gasteiger partial charge in [0.25, 0.3) is 0 Å². The largest absolute Gasteiger partial charge is 0.392 e. The van der Waals surface area contributed by atoms with Crippen molar-refractivity contribution in [2.75, 3.05) is 0 Å². The van der Waals surface area contributed by atoms with Gasteiger partial charge in [0.15, 0.2) is 0 Å². The van der Waals surface area contributed by atoms with Crippen LogP contribution in [0, 0.1) is 6.07 Å². The Hall–Kier alpha value is -0.860. The van der Waals surface area contributed by atoms with E-state index in [2.05, 4.69) is 6.07 Å². The number of aliphatic hydroxyl groups excluding tert-OH is 2. The van der Waals surface area contributed by atoms with E-state index in [1.807, 2.05) is 0 Å². The lowest BCUT2D eigenvalue weighted by atomic mass is 10.1. The van der Waals surface area contributed by atoms with Gasteiger partial charge >= 0.3 is 0 Å². The second kappa shape index (κ2) is 3.34. The number of rotatable bonds is 2. The molecule has 0 spiro atoms. The van der Waals surface area contributed by atoms with Crippen LogP contribution in [-0.4, -0.2) is 10.2 Å². The molecule has 2 N–H and O–H groups in total. The molecule has 0 fully saturated rings. The summed E-state index contributed by atoms with van der Waals surface area (Å²) in [6.07, 6.45) is 0. The lowest BCUT2D eigenvalue weighted by Gasteiger charge is -1.96. The minimum absolute atomic E-state index is 0.0200. The van der Waals surface area contributed by atoms with Crippen molar-refractivity contribution < 1.29 is 10.2 Å². The molecule has 10 heavy (non-hydrogen) atoms. The molecule has 0 aliphatic carbocycles. The molecule has 0 aliphatic heterocycles. The van der Waals surface area contributed by atoms with Crippen LogP contribution >= 0.6 is 0 Å². The normalized spacial score (nSPS) is 9.80. The molecule has 0 amide bonds. The molecule has 53 valence electrons. The van der Waals surface area contributed by atoms with Crippen LogP contribution in [0.25, 0.3) is 0 Å². The maximum absolute atomic E-state index is 8.64. The van der Waals surface area contributed by atoms with Crippen LogP contribution in [0.1, 0.15) is 11.1 Å². The third-order valence-corrected chi connectivity index (χ3v) is 1.26. The molecule has 0 saturated carbocycles. The monoisotopic (exact) mass is 137 g/mol. The third kappa shape index (κ3) is 1.56. The smallest absolute Gasteiger partial charge is 0.0688 e. The van der Waals surface area contributed by atoms with Gasteiger partial charge in [-0.25, -0.2) is 0 Å². The van der Waals surface area contributed by atoms with E-state index in [4.69, 9.17) is 10.2 Å². The second-order valence-corrected chi connectivity index (χ2v) is 2.02. The summed E-state index contributed by atoms with van der Waals surface area (Å²) in [7, 11) is 0. The topological polar surface area (TPSA) is 40.5 Å². The average molecular weight is 137 g/mol. The summed E-state index contributed by atoms with van der Waals surface area (Å²) < 4.78 is 0. The van der Waals surface area contributed by atoms with Gasteiger partial charge in [0.2, 0.25) is 0 Å². The Labute approximate surface area is 59.7 Å². The van der Waals surface area contributed by atoms with E-state index < -0.39 is 0 Å². The van der Waals surface area contributed by atoms with E-state index in [0.717, 1.165) is 0 Å². The molecule has 0 aliphatic rings. The zero-order valence-electron chi connectivity index (χ0n) is 5.54. The maximum atomic E-state index is 8.64. The van der Waals surface area contributed by atoms with Crippen molar-refractivity contribution in [3.63, 3.8) is 0 Å². The van der Waals surface area contributed by atoms with E-state index in [-0.39, 0.29) is 13.2 Å². The van der Waals surface area contributed by atoms with Crippen molar-refractivity contribution in [2.24, 2.45) is 0 Å². The van der Waals surface area contributed by atoms with Crippen LogP contribution in [0.4, 0.5) is 0 Å². The highest BCUT2D eigenvalue weighted by Crippen LogP contribution is 2.02. The molecule has 0 atom stereocenters. The predicted octanol–water partition coefficient (Wildman–Crippen LogP) is 0.471. The van der Waals surface area contributed by atoms with Crippen molar-refractivity contribution in [3.05, 3.63) is 35.4 Å². The SMILES string of the molecule is OCc1[c]c(CO)ccc1. The first kappa shape index (κ1) is 7.25. The van der Waals surface area contributed by atoms with E-state index >= 15 is 0 Å². The van der Waals surface area contributed by atoms with Gasteiger partial charge in [0, 0.05) is 0 Å². The highest BCUT2D eigenvalue weighted by molar-refractivity contribution is 5.20. The molecule has 0 bridgehead atoms. The molecule has 0 unspecified atom stereocenters. The summed E-state index contributed by atoms with van der Waals surface area (Å²) in [6, 6.07) is 8.16. The van der Waals surface area contributed by atoms with E-state index in [9.17, 15) is 0 Å². The van der Waals surface area contributed by atoms with Crippen molar-refractivity contribution in [1.29, 1.82) is 0 Å². The van der Waals surface area contributed by atoms with Crippen LogP contribution in [-0.2, 0) is 13.2 Å². The molecule has 1 aromatic carbocycles. The molecular weight excluding hydrogens is 128 g/mol. The quantitative estimate of drug-likeness (QED) is 0.622. The summed E-state index contributed by atoms with van der Waals surface area (Å²) in [4.78, 5) is 0. The first-order valence-corrected chi connectivity index (χ1v) is 3.08. The van der Waals surface area contributed by atoms with E-state index in [0.29, 0.717) is 11.1 Å². The van der Waals surface area contributed by atoms with Crippen LogP contribution < -0.4 is 0 Å². The van der Waals surface area contributed by atoms with Gasteiger partial charge in [0.05, 0.1) is 13.2 Å². The van der Waals surface area contributed by atoms with Crippen LogP contribution in [0.5, 0.6) is 0 Å². The molecule has 1 radical (unpaired) electrons. The lowest BCUT2D eigenvalue weighted by molar-refractivity contribution is 0.275. The van der Waals surface area contributed by atoms with Crippen molar-refractivity contribution >= 4 is 0 Å². The molecule has 0 aromatic heterocycles. The summed E-state index contributed by atoms with van der Waals surface area (Å²) in [5.74, 6) is 0. The molecular formula is C8H9O2. The van der Waals surface area contributed by atoms with Gasteiger partial charge in [0.1, 0.15) is 0 Å². The fourth-order valence-corrected chi connectivity index (χ4v) is 0.754. The summed E-state index contributed by atoms with van der Waals surface area (Å²) in [6.45, 7) is -0.0400. The summed E-state index contributed by atoms with van der Waals surface area (Å²) in [5.41, 5.74) is 1.43. The predicted molar refractivity (Wildman–Crippen MR) is 37.1 cm³/mol. The van der Waals surface area contributed by atoms with Gasteiger partial charge in [-0.15, -0.1) is 0 Å². The molecule has 1 rings (SSSR count).